The molecule has 23 heavy (non-hydrogen) atoms. The Bertz CT molecular complexity index is 527. The summed E-state index contributed by atoms with van der Waals surface area (Å²) in [5.74, 6) is 1.31. The van der Waals surface area contributed by atoms with Crippen LogP contribution in [-0.2, 0) is 20.1 Å². The van der Waals surface area contributed by atoms with Gasteiger partial charge in [-0.2, -0.15) is 0 Å². The van der Waals surface area contributed by atoms with E-state index in [1.54, 1.807) is 11.8 Å². The molecule has 0 spiro atoms. The predicted molar refractivity (Wildman–Crippen MR) is 96.2 cm³/mol. The minimum atomic E-state index is -0.121. The van der Waals surface area contributed by atoms with Crippen LogP contribution in [0.5, 0.6) is 0 Å². The third-order valence-corrected chi connectivity index (χ3v) is 5.39. The van der Waals surface area contributed by atoms with Crippen LogP contribution in [0.25, 0.3) is 0 Å². The molecule has 0 N–H and O–H groups in total. The summed E-state index contributed by atoms with van der Waals surface area (Å²) in [5.41, 5.74) is 1.21. The van der Waals surface area contributed by atoms with Gasteiger partial charge < -0.3 is 9.64 Å². The second kappa shape index (κ2) is 9.33. The van der Waals surface area contributed by atoms with Crippen molar-refractivity contribution in [3.8, 4) is 0 Å². The van der Waals surface area contributed by atoms with Gasteiger partial charge in [-0.05, 0) is 37.5 Å². The van der Waals surface area contributed by atoms with Crippen LogP contribution in [0.1, 0.15) is 25.3 Å². The number of benzene rings is 1. The number of hydrogen-bond acceptors (Lipinski definition) is 4. The van der Waals surface area contributed by atoms with Crippen LogP contribution in [0.15, 0.2) is 28.7 Å². The topological polar surface area (TPSA) is 46.6 Å². The maximum absolute atomic E-state index is 12.2. The number of carbonyl (C=O) groups is 2. The van der Waals surface area contributed by atoms with Gasteiger partial charge in [-0.15, -0.1) is 11.8 Å². The molecule has 0 aromatic heterocycles. The highest BCUT2D eigenvalue weighted by molar-refractivity contribution is 9.10. The number of halogens is 1. The van der Waals surface area contributed by atoms with E-state index in [0.717, 1.165) is 10.2 Å². The number of nitrogens with zero attached hydrogens (tertiary/aromatic N) is 1. The van der Waals surface area contributed by atoms with Gasteiger partial charge in [0.05, 0.1) is 18.3 Å². The molecular weight excluding hydrogens is 378 g/mol. The van der Waals surface area contributed by atoms with Crippen molar-refractivity contribution in [3.05, 3.63) is 34.3 Å². The van der Waals surface area contributed by atoms with Crippen molar-refractivity contribution in [2.75, 3.05) is 25.4 Å². The SMILES string of the molecule is CCOC(=O)C1CCN(C(=O)CSCc2ccc(Br)cc2)CC1. The van der Waals surface area contributed by atoms with Crippen LogP contribution in [0.3, 0.4) is 0 Å². The number of likely N-dealkylation sites (tertiary alicyclic amines) is 1. The van der Waals surface area contributed by atoms with Crippen molar-refractivity contribution in [1.82, 2.24) is 4.90 Å². The van der Waals surface area contributed by atoms with E-state index in [1.807, 2.05) is 24.0 Å². The zero-order valence-corrected chi connectivity index (χ0v) is 15.7. The van der Waals surface area contributed by atoms with Crippen molar-refractivity contribution >= 4 is 39.6 Å². The molecular formula is C17H22BrNO3S. The lowest BCUT2D eigenvalue weighted by atomic mass is 9.97. The highest BCUT2D eigenvalue weighted by Crippen LogP contribution is 2.21. The minimum absolute atomic E-state index is 0.0468. The zero-order chi connectivity index (χ0) is 16.7. The highest BCUT2D eigenvalue weighted by Gasteiger charge is 2.27. The van der Waals surface area contributed by atoms with Gasteiger partial charge >= 0.3 is 5.97 Å². The van der Waals surface area contributed by atoms with Crippen LogP contribution >= 0.6 is 27.7 Å². The maximum Gasteiger partial charge on any atom is 0.309 e. The number of ether oxygens (including phenoxy) is 1. The fourth-order valence-corrected chi connectivity index (χ4v) is 3.70. The molecule has 126 valence electrons. The van der Waals surface area contributed by atoms with Gasteiger partial charge in [0.2, 0.25) is 5.91 Å². The zero-order valence-electron chi connectivity index (χ0n) is 13.3. The molecule has 1 aliphatic heterocycles. The Hall–Kier alpha value is -1.01. The lowest BCUT2D eigenvalue weighted by molar-refractivity contribution is -0.151. The quantitative estimate of drug-likeness (QED) is 0.686. The smallest absolute Gasteiger partial charge is 0.309 e. The molecule has 1 aliphatic rings. The third-order valence-electron chi connectivity index (χ3n) is 3.88. The lowest BCUT2D eigenvalue weighted by Gasteiger charge is -2.30. The fourth-order valence-electron chi connectivity index (χ4n) is 2.55. The summed E-state index contributed by atoms with van der Waals surface area (Å²) in [6, 6.07) is 8.15. The number of thioether (sulfide) groups is 1. The number of rotatable bonds is 6. The number of amides is 1. The third kappa shape index (κ3) is 5.84. The van der Waals surface area contributed by atoms with Gasteiger partial charge in [0.25, 0.3) is 0 Å². The Balaban J connectivity index is 1.68. The molecule has 0 bridgehead atoms. The first-order chi connectivity index (χ1) is 11.1. The maximum atomic E-state index is 12.2. The summed E-state index contributed by atoms with van der Waals surface area (Å²) < 4.78 is 6.11. The molecule has 1 aromatic rings. The van der Waals surface area contributed by atoms with E-state index < -0.39 is 0 Å². The first kappa shape index (κ1) is 18.3. The molecule has 1 heterocycles. The highest BCUT2D eigenvalue weighted by atomic mass is 79.9. The van der Waals surface area contributed by atoms with E-state index >= 15 is 0 Å². The normalized spacial score (nSPS) is 15.5. The van der Waals surface area contributed by atoms with Gasteiger partial charge in [-0.25, -0.2) is 0 Å². The van der Waals surface area contributed by atoms with Crippen molar-refractivity contribution in [3.63, 3.8) is 0 Å². The Labute approximate surface area is 150 Å². The Morgan fingerprint density at radius 1 is 1.26 bits per heavy atom. The summed E-state index contributed by atoms with van der Waals surface area (Å²) in [5, 5.41) is 0. The molecule has 4 nitrogen and oxygen atoms in total. The van der Waals surface area contributed by atoms with Crippen molar-refractivity contribution in [1.29, 1.82) is 0 Å². The Morgan fingerprint density at radius 2 is 1.91 bits per heavy atom. The summed E-state index contributed by atoms with van der Waals surface area (Å²) >= 11 is 5.04. The van der Waals surface area contributed by atoms with E-state index in [-0.39, 0.29) is 17.8 Å². The van der Waals surface area contributed by atoms with E-state index in [0.29, 0.717) is 38.3 Å². The number of carbonyl (C=O) groups excluding carboxylic acids is 2. The molecule has 2 rings (SSSR count). The Morgan fingerprint density at radius 3 is 2.52 bits per heavy atom. The van der Waals surface area contributed by atoms with Gasteiger partial charge in [0.1, 0.15) is 0 Å². The molecule has 0 aliphatic carbocycles. The standard InChI is InChI=1S/C17H22BrNO3S/c1-2-22-17(21)14-7-9-19(10-8-14)16(20)12-23-11-13-3-5-15(18)6-4-13/h3-6,14H,2,7-12H2,1H3. The van der Waals surface area contributed by atoms with E-state index in [1.165, 1.54) is 5.56 Å². The van der Waals surface area contributed by atoms with E-state index in [2.05, 4.69) is 28.1 Å². The van der Waals surface area contributed by atoms with Gasteiger partial charge in [-0.1, -0.05) is 28.1 Å². The summed E-state index contributed by atoms with van der Waals surface area (Å²) in [6.07, 6.45) is 1.42. The van der Waals surface area contributed by atoms with Crippen molar-refractivity contribution in [2.45, 2.75) is 25.5 Å². The van der Waals surface area contributed by atoms with Crippen LogP contribution in [0.2, 0.25) is 0 Å². The van der Waals surface area contributed by atoms with E-state index in [4.69, 9.17) is 4.74 Å². The van der Waals surface area contributed by atoms with Crippen molar-refractivity contribution in [2.24, 2.45) is 5.92 Å². The van der Waals surface area contributed by atoms with Crippen LogP contribution in [0.4, 0.5) is 0 Å². The van der Waals surface area contributed by atoms with Gasteiger partial charge in [0, 0.05) is 23.3 Å². The molecule has 1 saturated heterocycles. The second-order valence-corrected chi connectivity index (χ2v) is 7.43. The molecule has 0 unspecified atom stereocenters. The first-order valence-corrected chi connectivity index (χ1v) is 9.81. The average molecular weight is 400 g/mol. The monoisotopic (exact) mass is 399 g/mol. The average Bonchev–Trinajstić information content (AvgIpc) is 2.57. The largest absolute Gasteiger partial charge is 0.466 e. The summed E-state index contributed by atoms with van der Waals surface area (Å²) in [6.45, 7) is 3.55. The molecule has 1 amide bonds. The first-order valence-electron chi connectivity index (χ1n) is 7.86. The number of esters is 1. The van der Waals surface area contributed by atoms with Crippen LogP contribution in [-0.4, -0.2) is 42.2 Å². The van der Waals surface area contributed by atoms with Crippen LogP contribution in [0, 0.1) is 5.92 Å². The molecule has 0 atom stereocenters. The lowest BCUT2D eigenvalue weighted by Crippen LogP contribution is -2.41. The molecule has 6 heteroatoms. The van der Waals surface area contributed by atoms with E-state index in [9.17, 15) is 9.59 Å². The fraction of sp³-hybridized carbons (Fsp3) is 0.529. The van der Waals surface area contributed by atoms with Crippen molar-refractivity contribution < 1.29 is 14.3 Å². The summed E-state index contributed by atoms with van der Waals surface area (Å²) in [4.78, 5) is 25.8. The van der Waals surface area contributed by atoms with Crippen LogP contribution < -0.4 is 0 Å². The molecule has 1 aromatic carbocycles. The van der Waals surface area contributed by atoms with Gasteiger partial charge in [-0.3, -0.25) is 9.59 Å². The number of hydrogen-bond donors (Lipinski definition) is 0. The summed E-state index contributed by atoms with van der Waals surface area (Å²) in [7, 11) is 0. The predicted octanol–water partition coefficient (Wildman–Crippen LogP) is 3.48. The second-order valence-electron chi connectivity index (χ2n) is 5.53. The molecule has 1 fully saturated rings. The molecule has 0 radical (unpaired) electrons. The Kier molecular flexibility index (Phi) is 7.43. The molecule has 0 saturated carbocycles. The van der Waals surface area contributed by atoms with Gasteiger partial charge in [0.15, 0.2) is 0 Å². The minimum Gasteiger partial charge on any atom is -0.466 e. The number of piperidine rings is 1.